The fourth-order valence-electron chi connectivity index (χ4n) is 5.79. The van der Waals surface area contributed by atoms with Crippen LogP contribution in [0.15, 0.2) is 104 Å². The molecule has 0 saturated heterocycles. The minimum atomic E-state index is -0.797. The molecule has 246 valence electrons. The van der Waals surface area contributed by atoms with Crippen molar-refractivity contribution < 1.29 is 23.7 Å². The van der Waals surface area contributed by atoms with E-state index in [1.807, 2.05) is 62.4 Å². The first-order valence-corrected chi connectivity index (χ1v) is 17.2. The lowest BCUT2D eigenvalue weighted by Gasteiger charge is -2.25. The molecule has 1 aliphatic heterocycles. The van der Waals surface area contributed by atoms with Crippen LogP contribution in [-0.2, 0) is 16.1 Å². The summed E-state index contributed by atoms with van der Waals surface area (Å²) >= 11 is 4.83. The number of carbonyl (C=O) groups is 1. The maximum atomic E-state index is 14.3. The molecule has 0 spiro atoms. The summed E-state index contributed by atoms with van der Waals surface area (Å²) in [6.45, 7) is 7.91. The highest BCUT2D eigenvalue weighted by Crippen LogP contribution is 2.36. The zero-order valence-corrected chi connectivity index (χ0v) is 29.7. The number of halogens is 1. The zero-order chi connectivity index (χ0) is 33.9. The van der Waals surface area contributed by atoms with Crippen LogP contribution in [0.4, 0.5) is 0 Å². The molecule has 0 bridgehead atoms. The molecule has 0 amide bonds. The summed E-state index contributed by atoms with van der Waals surface area (Å²) in [5, 5.41) is 2.27. The summed E-state index contributed by atoms with van der Waals surface area (Å²) in [5.41, 5.74) is 2.92. The minimum Gasteiger partial charge on any atom is -0.493 e. The lowest BCUT2D eigenvalue weighted by atomic mass is 9.95. The molecule has 0 aliphatic carbocycles. The van der Waals surface area contributed by atoms with E-state index < -0.39 is 12.0 Å². The maximum absolute atomic E-state index is 14.3. The Bertz CT molecular complexity index is 2230. The van der Waals surface area contributed by atoms with Gasteiger partial charge >= 0.3 is 5.97 Å². The van der Waals surface area contributed by atoms with Gasteiger partial charge in [-0.05, 0) is 86.0 Å². The summed E-state index contributed by atoms with van der Waals surface area (Å²) < 4.78 is 26.3. The largest absolute Gasteiger partial charge is 0.493 e. The number of nitrogens with zero attached hydrogens (tertiary/aromatic N) is 2. The van der Waals surface area contributed by atoms with Gasteiger partial charge < -0.3 is 18.9 Å². The Hall–Kier alpha value is -4.67. The Morgan fingerprint density at radius 1 is 1.02 bits per heavy atom. The number of benzene rings is 4. The monoisotopic (exact) mass is 726 g/mol. The van der Waals surface area contributed by atoms with E-state index in [0.717, 1.165) is 26.4 Å². The molecule has 1 aromatic heterocycles. The number of thiazole rings is 1. The van der Waals surface area contributed by atoms with Crippen LogP contribution in [0.3, 0.4) is 0 Å². The Morgan fingerprint density at radius 3 is 2.56 bits per heavy atom. The van der Waals surface area contributed by atoms with E-state index in [4.69, 9.17) is 23.9 Å². The molecule has 6 rings (SSSR count). The lowest BCUT2D eigenvalue weighted by molar-refractivity contribution is -0.139. The number of esters is 1. The van der Waals surface area contributed by atoms with Gasteiger partial charge in [0.15, 0.2) is 16.3 Å². The van der Waals surface area contributed by atoms with Crippen molar-refractivity contribution >= 4 is 50.1 Å². The standard InChI is InChI=1S/C38H35BrN2O6S/c1-6-45-37(43)34-23(4)40-38-41(35(34)25-14-16-31(47-22(2)3)32(19-25)44-5)36(42)33(48-38)20-27-18-28(39)15-17-30(27)46-21-26-12-9-11-24-10-7-8-13-29(24)26/h7-20,22,35H,6,21H2,1-5H3/b33-20-/t35-/m1/s1. The second kappa shape index (κ2) is 14.2. The number of rotatable bonds is 10. The number of ether oxygens (including phenoxy) is 4. The highest BCUT2D eigenvalue weighted by molar-refractivity contribution is 9.10. The Labute approximate surface area is 290 Å². The second-order valence-corrected chi connectivity index (χ2v) is 13.4. The quantitative estimate of drug-likeness (QED) is 0.143. The molecule has 0 N–H and O–H groups in total. The molecule has 48 heavy (non-hydrogen) atoms. The third-order valence-electron chi connectivity index (χ3n) is 7.90. The first kappa shape index (κ1) is 33.2. The van der Waals surface area contributed by atoms with Gasteiger partial charge in [-0.15, -0.1) is 0 Å². The second-order valence-electron chi connectivity index (χ2n) is 11.5. The van der Waals surface area contributed by atoms with Crippen molar-refractivity contribution in [2.75, 3.05) is 13.7 Å². The van der Waals surface area contributed by atoms with Gasteiger partial charge in [0.05, 0.1) is 41.7 Å². The van der Waals surface area contributed by atoms with E-state index >= 15 is 0 Å². The van der Waals surface area contributed by atoms with Crippen molar-refractivity contribution in [2.45, 2.75) is 46.4 Å². The van der Waals surface area contributed by atoms with Gasteiger partial charge in [0.25, 0.3) is 5.56 Å². The number of methoxy groups -OCH3 is 1. The molecule has 1 atom stereocenters. The average Bonchev–Trinajstić information content (AvgIpc) is 3.37. The van der Waals surface area contributed by atoms with Crippen LogP contribution in [-0.4, -0.2) is 30.4 Å². The number of hydrogen-bond acceptors (Lipinski definition) is 8. The van der Waals surface area contributed by atoms with E-state index in [-0.39, 0.29) is 23.8 Å². The van der Waals surface area contributed by atoms with Crippen LogP contribution in [0, 0.1) is 0 Å². The van der Waals surface area contributed by atoms with Gasteiger partial charge in [-0.25, -0.2) is 9.79 Å². The van der Waals surface area contributed by atoms with E-state index in [9.17, 15) is 9.59 Å². The Morgan fingerprint density at radius 2 is 1.79 bits per heavy atom. The van der Waals surface area contributed by atoms with Gasteiger partial charge in [-0.2, -0.15) is 0 Å². The number of carbonyl (C=O) groups excluding carboxylic acids is 1. The van der Waals surface area contributed by atoms with Crippen molar-refractivity contribution in [3.05, 3.63) is 131 Å². The van der Waals surface area contributed by atoms with Gasteiger partial charge in [-0.3, -0.25) is 9.36 Å². The number of hydrogen-bond donors (Lipinski definition) is 0. The molecule has 0 radical (unpaired) electrons. The molecular weight excluding hydrogens is 692 g/mol. The third kappa shape index (κ3) is 6.68. The molecule has 5 aromatic rings. The van der Waals surface area contributed by atoms with Gasteiger partial charge in [-0.1, -0.05) is 75.8 Å². The first-order valence-electron chi connectivity index (χ1n) is 15.6. The third-order valence-corrected chi connectivity index (χ3v) is 9.38. The number of fused-ring (bicyclic) bond motifs is 2. The lowest BCUT2D eigenvalue weighted by Crippen LogP contribution is -2.40. The molecule has 1 aliphatic rings. The Balaban J connectivity index is 1.45. The summed E-state index contributed by atoms with van der Waals surface area (Å²) in [4.78, 5) is 32.9. The first-order chi connectivity index (χ1) is 23.2. The fraction of sp³-hybridized carbons (Fsp3) is 0.237. The van der Waals surface area contributed by atoms with Crippen LogP contribution >= 0.6 is 27.3 Å². The van der Waals surface area contributed by atoms with Crippen molar-refractivity contribution in [3.63, 3.8) is 0 Å². The molecular formula is C38H35BrN2O6S. The van der Waals surface area contributed by atoms with Crippen molar-refractivity contribution in [3.8, 4) is 17.2 Å². The molecule has 0 unspecified atom stereocenters. The topological polar surface area (TPSA) is 88.4 Å². The van der Waals surface area contributed by atoms with Crippen molar-refractivity contribution in [2.24, 2.45) is 4.99 Å². The highest BCUT2D eigenvalue weighted by atomic mass is 79.9. The summed E-state index contributed by atoms with van der Waals surface area (Å²) in [5.74, 6) is 1.15. The molecule has 4 aromatic carbocycles. The molecule has 2 heterocycles. The van der Waals surface area contributed by atoms with Crippen LogP contribution < -0.4 is 29.1 Å². The molecule has 8 nitrogen and oxygen atoms in total. The SMILES string of the molecule is CCOC(=O)C1=C(C)N=c2s/c(=C\c3cc(Br)ccc3OCc3cccc4ccccc34)c(=O)n2[C@@H]1c1ccc(OC(C)C)c(OC)c1. The predicted octanol–water partition coefficient (Wildman–Crippen LogP) is 7.09. The number of aromatic nitrogens is 1. The van der Waals surface area contributed by atoms with Crippen LogP contribution in [0.2, 0.25) is 0 Å². The minimum absolute atomic E-state index is 0.0708. The number of allylic oxidation sites excluding steroid dienone is 1. The van der Waals surface area contributed by atoms with Crippen molar-refractivity contribution in [1.29, 1.82) is 0 Å². The summed E-state index contributed by atoms with van der Waals surface area (Å²) in [6, 6.07) is 24.7. The van der Waals surface area contributed by atoms with Crippen molar-refractivity contribution in [1.82, 2.24) is 4.57 Å². The average molecular weight is 728 g/mol. The van der Waals surface area contributed by atoms with Gasteiger partial charge in [0.2, 0.25) is 0 Å². The summed E-state index contributed by atoms with van der Waals surface area (Å²) in [7, 11) is 1.56. The van der Waals surface area contributed by atoms with E-state index in [2.05, 4.69) is 40.2 Å². The van der Waals surface area contributed by atoms with Gasteiger partial charge in [0, 0.05) is 10.0 Å². The molecule has 10 heteroatoms. The Kier molecular flexibility index (Phi) is 9.84. The normalized spacial score (nSPS) is 14.6. The fourth-order valence-corrected chi connectivity index (χ4v) is 7.21. The van der Waals surface area contributed by atoms with E-state index in [1.54, 1.807) is 37.7 Å². The van der Waals surface area contributed by atoms with Gasteiger partial charge in [0.1, 0.15) is 12.4 Å². The van der Waals surface area contributed by atoms with Crippen LogP contribution in [0.1, 0.15) is 50.4 Å². The zero-order valence-electron chi connectivity index (χ0n) is 27.3. The molecule has 0 saturated carbocycles. The van der Waals surface area contributed by atoms with Crippen LogP contribution in [0.5, 0.6) is 17.2 Å². The maximum Gasteiger partial charge on any atom is 0.338 e. The summed E-state index contributed by atoms with van der Waals surface area (Å²) in [6.07, 6.45) is 1.74. The smallest absolute Gasteiger partial charge is 0.338 e. The predicted molar refractivity (Wildman–Crippen MR) is 192 cm³/mol. The molecule has 0 fully saturated rings. The van der Waals surface area contributed by atoms with Crippen LogP contribution in [0.25, 0.3) is 16.8 Å². The van der Waals surface area contributed by atoms with E-state index in [0.29, 0.717) is 44.4 Å². The van der Waals surface area contributed by atoms with E-state index in [1.165, 1.54) is 11.3 Å². The highest BCUT2D eigenvalue weighted by Gasteiger charge is 2.34.